The van der Waals surface area contributed by atoms with Crippen molar-refractivity contribution in [1.29, 1.82) is 0 Å². The molecule has 696 valence electrons. The summed E-state index contributed by atoms with van der Waals surface area (Å²) in [4.78, 5) is 168. The van der Waals surface area contributed by atoms with Gasteiger partial charge in [0.25, 0.3) is 35.4 Å². The fourth-order valence-electron chi connectivity index (χ4n) is 15.7. The molecule has 16 bridgehead atoms. The van der Waals surface area contributed by atoms with Gasteiger partial charge in [0.2, 0.25) is 0 Å². The van der Waals surface area contributed by atoms with E-state index in [1.54, 1.807) is 87.7 Å². The Morgan fingerprint density at radius 3 is 0.579 bits per heavy atom. The summed E-state index contributed by atoms with van der Waals surface area (Å²) in [7, 11) is 0. The maximum Gasteiger partial charge on any atom is 0.410 e. The molecule has 0 atom stereocenters. The molecule has 0 saturated carbocycles. The monoisotopic (exact) mass is 1820 g/mol. The highest BCUT2D eigenvalue weighted by Gasteiger charge is 2.33. The average molecular weight is 1820 g/mol. The highest BCUT2D eigenvalue weighted by Crippen LogP contribution is 2.25. The van der Waals surface area contributed by atoms with E-state index in [-0.39, 0.29) is 140 Å². The number of hydrogen-bond donors (Lipinski definition) is 0. The molecular formula is C96H144N12O14S4. The van der Waals surface area contributed by atoms with Gasteiger partial charge in [-0.25, -0.2) is 19.2 Å². The lowest BCUT2D eigenvalue weighted by atomic mass is 10.1. The Labute approximate surface area is 768 Å². The Balaban J connectivity index is 0.967. The van der Waals surface area contributed by atoms with Crippen LogP contribution in [-0.2, 0) is 32.0 Å². The largest absolute Gasteiger partial charge is 0.444 e. The van der Waals surface area contributed by atoms with Crippen LogP contribution in [0, 0.1) is 0 Å². The van der Waals surface area contributed by atoms with E-state index >= 15 is 0 Å². The Morgan fingerprint density at radius 1 is 0.222 bits per heavy atom. The van der Waals surface area contributed by atoms with Gasteiger partial charge in [-0.2, -0.15) is 47.0 Å². The van der Waals surface area contributed by atoms with Gasteiger partial charge in [-0.3, -0.25) is 38.6 Å². The molecule has 4 fully saturated rings. The van der Waals surface area contributed by atoms with Crippen LogP contribution in [0.1, 0.15) is 233 Å². The van der Waals surface area contributed by atoms with Crippen LogP contribution in [0.4, 0.5) is 19.2 Å². The number of carbonyl (C=O) groups excluding carboxylic acids is 10. The number of benzene rings is 4. The second-order valence-corrected chi connectivity index (χ2v) is 42.3. The summed E-state index contributed by atoms with van der Waals surface area (Å²) in [5.74, 6) is 6.17. The normalized spacial score (nSPS) is 20.8. The van der Waals surface area contributed by atoms with Gasteiger partial charge < -0.3 is 67.9 Å². The van der Waals surface area contributed by atoms with Crippen molar-refractivity contribution in [3.63, 3.8) is 0 Å². The highest BCUT2D eigenvalue weighted by atomic mass is 32.2. The molecule has 126 heavy (non-hydrogen) atoms. The number of hydrogen-bond acceptors (Lipinski definition) is 20. The topological polar surface area (TPSA) is 246 Å². The van der Waals surface area contributed by atoms with Crippen molar-refractivity contribution in [1.82, 2.24) is 58.8 Å². The summed E-state index contributed by atoms with van der Waals surface area (Å²) < 4.78 is 23.9. The summed E-state index contributed by atoms with van der Waals surface area (Å²) >= 11 is 7.55. The molecule has 4 aromatic rings. The highest BCUT2D eigenvalue weighted by molar-refractivity contribution is 7.99. The van der Waals surface area contributed by atoms with Gasteiger partial charge >= 0.3 is 24.4 Å². The zero-order valence-electron chi connectivity index (χ0n) is 77.5. The molecule has 0 N–H and O–H groups in total. The van der Waals surface area contributed by atoms with Gasteiger partial charge in [0, 0.05) is 177 Å². The molecule has 0 spiro atoms. The maximum atomic E-state index is 14.9. The van der Waals surface area contributed by atoms with Crippen LogP contribution >= 0.6 is 47.0 Å². The summed E-state index contributed by atoms with van der Waals surface area (Å²) in [5.41, 5.74) is 1.72. The van der Waals surface area contributed by atoms with Crippen LogP contribution in [0.5, 0.6) is 0 Å². The van der Waals surface area contributed by atoms with Crippen LogP contribution < -0.4 is 0 Å². The maximum absolute atomic E-state index is 14.9. The van der Waals surface area contributed by atoms with E-state index in [4.69, 9.17) is 18.9 Å². The van der Waals surface area contributed by atoms with Crippen LogP contribution in [0.3, 0.4) is 0 Å². The van der Waals surface area contributed by atoms with E-state index in [0.29, 0.717) is 98.3 Å². The Hall–Kier alpha value is -7.90. The summed E-state index contributed by atoms with van der Waals surface area (Å²) in [6.07, 6.45) is 6.50. The third-order valence-corrected chi connectivity index (χ3v) is 26.8. The number of thioether (sulfide) groups is 4. The second kappa shape index (κ2) is 50.9. The van der Waals surface area contributed by atoms with Crippen LogP contribution in [0.15, 0.2) is 97.1 Å². The van der Waals surface area contributed by atoms with Crippen molar-refractivity contribution in [2.45, 2.75) is 196 Å². The van der Waals surface area contributed by atoms with Crippen LogP contribution in [0.2, 0.25) is 0 Å². The van der Waals surface area contributed by atoms with Gasteiger partial charge in [0.1, 0.15) is 22.4 Å². The molecule has 30 rings (SSSR count). The fraction of sp³-hybridized carbons (Fsp3) is 0.646. The zero-order chi connectivity index (χ0) is 90.8. The van der Waals surface area contributed by atoms with Gasteiger partial charge in [-0.15, -0.1) is 0 Å². The first kappa shape index (κ1) is 102. The van der Waals surface area contributed by atoms with Gasteiger partial charge in [0.05, 0.1) is 0 Å². The van der Waals surface area contributed by atoms with Crippen molar-refractivity contribution in [2.75, 3.05) is 203 Å². The lowest BCUT2D eigenvalue weighted by Gasteiger charge is -2.33. The standard InChI is InChI=1S/C96H144N12O14S4/c1-93(2,3)119-89(115)105-51-15-47-103-59-63-107(91(117)121-95(7,8)9)49-13-45-101(57-61-105)85(111)77-29-25-75(26-30-77)73-97-41-17-65-123-71-23-55-100(56-24-72-124-66-18-42-97)84(110)80-35-39-82(40-36-80)88(114)104-48-16-52-106(90(116)120-94(4,5)6)62-58-102(46-14-50-108(64-60-104)92(118)122-96(10,11)12)86(112)78-31-27-76(28-32-78)74-98-43-19-67-125-69-21-53-99(54-22-70-126-68-20-44-98)83(109)79-33-37-81(38-34-79)87(103)113/h25-40H,13-24,41-74H2,1-12H3. The number of rotatable bonds is 0. The summed E-state index contributed by atoms with van der Waals surface area (Å²) in [6, 6.07) is 29.5. The van der Waals surface area contributed by atoms with E-state index in [1.165, 1.54) is 0 Å². The van der Waals surface area contributed by atoms with Gasteiger partial charge in [-0.05, 0) is 316 Å². The predicted octanol–water partition coefficient (Wildman–Crippen LogP) is 15.7. The van der Waals surface area contributed by atoms with Crippen molar-refractivity contribution >= 4 is 107 Å². The molecule has 26 heterocycles. The molecule has 26 nitrogen and oxygen atoms in total. The minimum atomic E-state index is -0.808. The Kier molecular flexibility index (Phi) is 41.1. The number of nitrogens with zero attached hydrogens (tertiary/aromatic N) is 12. The first-order chi connectivity index (χ1) is 60.1. The first-order valence-corrected chi connectivity index (χ1v) is 50.6. The molecule has 4 saturated heterocycles. The molecule has 30 heteroatoms. The SMILES string of the molecule is CC(C)(C)OC(=O)N1CCCN2CCN(C(=O)OC(C)(C)C)CCCN(CC1)C(=O)c1ccc(cc1)CN1CCCSCCCN(CCCSCCC1)C(=O)c1ccc(cc1)C(=O)N1CCCN(C(=O)OC(C)(C)C)CCN(CCCN(C(=O)OC(C)(C)C)CC1)C(=O)c1ccc(cc1)CN1CCCSCCCN(CCCSCCC1)C(=O)c1ccc(cc1)C2=O. The molecule has 4 aromatic carbocycles. The van der Waals surface area contributed by atoms with Crippen LogP contribution in [-0.4, -0.2) is 344 Å². The smallest absolute Gasteiger partial charge is 0.410 e. The average Bonchev–Trinajstić information content (AvgIpc) is 0.838. The molecule has 26 aliphatic rings. The molecule has 26 aliphatic heterocycles. The molecule has 0 aliphatic carbocycles. The lowest BCUT2D eigenvalue weighted by molar-refractivity contribution is 0.0179. The van der Waals surface area contributed by atoms with E-state index in [1.807, 2.05) is 188 Å². The Bertz CT molecular complexity index is 3820. The van der Waals surface area contributed by atoms with E-state index < -0.39 is 46.8 Å². The molecule has 0 unspecified atom stereocenters. The van der Waals surface area contributed by atoms with Gasteiger partial charge in [0.15, 0.2) is 0 Å². The predicted molar refractivity (Wildman–Crippen MR) is 508 cm³/mol. The van der Waals surface area contributed by atoms with Crippen molar-refractivity contribution < 1.29 is 66.9 Å². The Morgan fingerprint density at radius 2 is 0.389 bits per heavy atom. The quantitative estimate of drug-likeness (QED) is 0.148. The number of ether oxygens (including phenoxy) is 4. The zero-order valence-corrected chi connectivity index (χ0v) is 80.7. The number of amides is 10. The third-order valence-electron chi connectivity index (χ3n) is 22.2. The second-order valence-electron chi connectivity index (χ2n) is 37.4. The number of carbonyl (C=O) groups is 10. The third kappa shape index (κ3) is 35.5. The van der Waals surface area contributed by atoms with E-state index in [0.717, 1.165) is 135 Å². The van der Waals surface area contributed by atoms with Crippen molar-refractivity contribution in [3.8, 4) is 0 Å². The van der Waals surface area contributed by atoms with E-state index in [2.05, 4.69) is 9.80 Å². The summed E-state index contributed by atoms with van der Waals surface area (Å²) in [5, 5.41) is 0. The first-order valence-electron chi connectivity index (χ1n) is 45.9. The van der Waals surface area contributed by atoms with Gasteiger partial charge in [-0.1, -0.05) is 24.3 Å². The van der Waals surface area contributed by atoms with Crippen LogP contribution in [0.25, 0.3) is 0 Å². The minimum absolute atomic E-state index is 0.0872. The molecular weight excluding hydrogens is 1670 g/mol. The van der Waals surface area contributed by atoms with Crippen molar-refractivity contribution in [3.05, 3.63) is 142 Å². The molecule has 0 radical (unpaired) electrons. The summed E-state index contributed by atoms with van der Waals surface area (Å²) in [6.45, 7) is 32.3. The lowest BCUT2D eigenvalue weighted by Crippen LogP contribution is -2.47. The fourth-order valence-corrected chi connectivity index (χ4v) is 19.2. The van der Waals surface area contributed by atoms with E-state index in [9.17, 15) is 47.9 Å². The minimum Gasteiger partial charge on any atom is -0.444 e. The molecule has 0 aromatic heterocycles. The molecule has 10 amide bonds. The van der Waals surface area contributed by atoms with Crippen molar-refractivity contribution in [2.24, 2.45) is 0 Å².